The van der Waals surface area contributed by atoms with Gasteiger partial charge in [-0.25, -0.2) is 8.42 Å². The van der Waals surface area contributed by atoms with Gasteiger partial charge in [-0.05, 0) is 29.3 Å². The molecule has 0 aliphatic rings. The molecule has 0 unspecified atom stereocenters. The number of carbonyl (C=O) groups is 1. The van der Waals surface area contributed by atoms with Crippen LogP contribution in [0.3, 0.4) is 0 Å². The molecule has 0 saturated heterocycles. The van der Waals surface area contributed by atoms with Crippen molar-refractivity contribution in [3.63, 3.8) is 0 Å². The first kappa shape index (κ1) is 19.7. The van der Waals surface area contributed by atoms with Gasteiger partial charge >= 0.3 is 0 Å². The summed E-state index contributed by atoms with van der Waals surface area (Å²) in [6.45, 7) is 0.127. The van der Waals surface area contributed by atoms with Crippen LogP contribution in [0.15, 0.2) is 90.1 Å². The van der Waals surface area contributed by atoms with Crippen LogP contribution in [-0.4, -0.2) is 30.2 Å². The molecule has 1 heterocycles. The molecule has 1 N–H and O–H groups in total. The highest BCUT2D eigenvalue weighted by molar-refractivity contribution is 7.89. The van der Waals surface area contributed by atoms with Crippen LogP contribution in [0.2, 0.25) is 0 Å². The van der Waals surface area contributed by atoms with Gasteiger partial charge in [-0.15, -0.1) is 0 Å². The number of hydrogen-bond donors (Lipinski definition) is 1. The van der Waals surface area contributed by atoms with Gasteiger partial charge in [-0.3, -0.25) is 9.78 Å². The fourth-order valence-corrected chi connectivity index (χ4v) is 4.08. The number of hydrogen-bond acceptors (Lipinski definition) is 4. The third-order valence-corrected chi connectivity index (χ3v) is 5.92. The minimum absolute atomic E-state index is 0.110. The van der Waals surface area contributed by atoms with Gasteiger partial charge in [0, 0.05) is 25.5 Å². The first-order chi connectivity index (χ1) is 13.6. The smallest absolute Gasteiger partial charge is 0.243 e. The Balaban J connectivity index is 1.77. The van der Waals surface area contributed by atoms with Gasteiger partial charge in [0.25, 0.3) is 0 Å². The van der Waals surface area contributed by atoms with Crippen LogP contribution in [0.5, 0.6) is 0 Å². The number of rotatable bonds is 8. The second-order valence-electron chi connectivity index (χ2n) is 6.21. The molecule has 6 nitrogen and oxygen atoms in total. The predicted octanol–water partition coefficient (Wildman–Crippen LogP) is 2.59. The lowest BCUT2D eigenvalue weighted by Crippen LogP contribution is -2.40. The monoisotopic (exact) mass is 395 g/mol. The second-order valence-corrected chi connectivity index (χ2v) is 8.15. The van der Waals surface area contributed by atoms with Crippen LogP contribution >= 0.6 is 0 Å². The van der Waals surface area contributed by atoms with E-state index in [-0.39, 0.29) is 30.4 Å². The lowest BCUT2D eigenvalue weighted by Gasteiger charge is -2.22. The van der Waals surface area contributed by atoms with E-state index in [1.165, 1.54) is 16.4 Å². The minimum atomic E-state index is -3.82. The van der Waals surface area contributed by atoms with Gasteiger partial charge < -0.3 is 5.32 Å². The first-order valence-electron chi connectivity index (χ1n) is 8.80. The molecule has 1 aromatic heterocycles. The molecule has 144 valence electrons. The number of aromatic nitrogens is 1. The zero-order valence-electron chi connectivity index (χ0n) is 15.2. The molecule has 0 spiro atoms. The van der Waals surface area contributed by atoms with Gasteiger partial charge in [0.2, 0.25) is 15.9 Å². The highest BCUT2D eigenvalue weighted by Gasteiger charge is 2.26. The fourth-order valence-electron chi connectivity index (χ4n) is 2.67. The van der Waals surface area contributed by atoms with Gasteiger partial charge in [0.15, 0.2) is 0 Å². The van der Waals surface area contributed by atoms with Gasteiger partial charge in [-0.2, -0.15) is 4.31 Å². The van der Waals surface area contributed by atoms with Crippen LogP contribution in [-0.2, 0) is 27.9 Å². The lowest BCUT2D eigenvalue weighted by atomic mass is 10.2. The predicted molar refractivity (Wildman–Crippen MR) is 107 cm³/mol. The maximum atomic E-state index is 13.1. The normalized spacial score (nSPS) is 11.3. The van der Waals surface area contributed by atoms with E-state index in [0.717, 1.165) is 11.1 Å². The molecule has 0 aliphatic heterocycles. The summed E-state index contributed by atoms with van der Waals surface area (Å²) in [4.78, 5) is 16.6. The molecular formula is C21H21N3O3S. The summed E-state index contributed by atoms with van der Waals surface area (Å²) in [5.41, 5.74) is 1.65. The highest BCUT2D eigenvalue weighted by Crippen LogP contribution is 2.18. The third-order valence-electron chi connectivity index (χ3n) is 4.12. The number of benzene rings is 2. The van der Waals surface area contributed by atoms with Crippen molar-refractivity contribution in [3.8, 4) is 0 Å². The molecule has 3 rings (SSSR count). The quantitative estimate of drug-likeness (QED) is 0.636. The molecule has 0 saturated carbocycles. The van der Waals surface area contributed by atoms with Crippen LogP contribution in [0.25, 0.3) is 0 Å². The van der Waals surface area contributed by atoms with E-state index in [4.69, 9.17) is 0 Å². The molecule has 0 aliphatic carbocycles. The molecule has 0 fully saturated rings. The van der Waals surface area contributed by atoms with Gasteiger partial charge in [-0.1, -0.05) is 54.6 Å². The van der Waals surface area contributed by atoms with Gasteiger partial charge in [0.05, 0.1) is 11.4 Å². The standard InChI is InChI=1S/C21H21N3O3S/c25-21(23-15-19-10-7-13-22-14-19)17-24(16-18-8-3-1-4-9-18)28(26,27)20-11-5-2-6-12-20/h1-14H,15-17H2,(H,23,25). The fraction of sp³-hybridized carbons (Fsp3) is 0.143. The summed E-state index contributed by atoms with van der Waals surface area (Å²) >= 11 is 0. The first-order valence-corrected chi connectivity index (χ1v) is 10.2. The molecule has 28 heavy (non-hydrogen) atoms. The summed E-state index contributed by atoms with van der Waals surface area (Å²) in [5, 5.41) is 2.75. The molecule has 2 aromatic carbocycles. The summed E-state index contributed by atoms with van der Waals surface area (Å²) in [5.74, 6) is -0.376. The van der Waals surface area contributed by atoms with E-state index >= 15 is 0 Å². The van der Waals surface area contributed by atoms with Crippen molar-refractivity contribution in [1.82, 2.24) is 14.6 Å². The average molecular weight is 395 g/mol. The Morgan fingerprint density at radius 3 is 2.18 bits per heavy atom. The SMILES string of the molecule is O=C(CN(Cc1ccccc1)S(=O)(=O)c1ccccc1)NCc1cccnc1. The molecule has 7 heteroatoms. The van der Waals surface area contributed by atoms with Crippen LogP contribution < -0.4 is 5.32 Å². The zero-order valence-corrected chi connectivity index (χ0v) is 16.0. The maximum Gasteiger partial charge on any atom is 0.243 e. The third kappa shape index (κ3) is 5.25. The van der Waals surface area contributed by atoms with E-state index < -0.39 is 10.0 Å². The second kappa shape index (κ2) is 9.25. The Morgan fingerprint density at radius 2 is 1.54 bits per heavy atom. The van der Waals surface area contributed by atoms with Crippen molar-refractivity contribution in [3.05, 3.63) is 96.3 Å². The van der Waals surface area contributed by atoms with Crippen LogP contribution in [0, 0.1) is 0 Å². The van der Waals surface area contributed by atoms with Crippen molar-refractivity contribution < 1.29 is 13.2 Å². The lowest BCUT2D eigenvalue weighted by molar-refractivity contribution is -0.121. The Labute approximate surface area is 164 Å². The Kier molecular flexibility index (Phi) is 6.52. The molecule has 0 atom stereocenters. The van der Waals surface area contributed by atoms with Crippen LogP contribution in [0.4, 0.5) is 0 Å². The Hall–Kier alpha value is -3.03. The van der Waals surface area contributed by atoms with E-state index in [2.05, 4.69) is 10.3 Å². The largest absolute Gasteiger partial charge is 0.351 e. The van der Waals surface area contributed by atoms with Crippen molar-refractivity contribution in [2.75, 3.05) is 6.54 Å². The van der Waals surface area contributed by atoms with Crippen molar-refractivity contribution >= 4 is 15.9 Å². The van der Waals surface area contributed by atoms with Crippen LogP contribution in [0.1, 0.15) is 11.1 Å². The number of amides is 1. The topological polar surface area (TPSA) is 79.4 Å². The number of sulfonamides is 1. The Bertz CT molecular complexity index is 995. The zero-order chi connectivity index (χ0) is 19.8. The van der Waals surface area contributed by atoms with Gasteiger partial charge in [0.1, 0.15) is 0 Å². The number of nitrogens with one attached hydrogen (secondary N) is 1. The van der Waals surface area contributed by atoms with Crippen molar-refractivity contribution in [2.24, 2.45) is 0 Å². The van der Waals surface area contributed by atoms with E-state index in [1.807, 2.05) is 36.4 Å². The van der Waals surface area contributed by atoms with E-state index in [0.29, 0.717) is 0 Å². The Morgan fingerprint density at radius 1 is 0.893 bits per heavy atom. The summed E-state index contributed by atoms with van der Waals surface area (Å²) in [7, 11) is -3.82. The highest BCUT2D eigenvalue weighted by atomic mass is 32.2. The summed E-state index contributed by atoms with van der Waals surface area (Å²) < 4.78 is 27.4. The average Bonchev–Trinajstić information content (AvgIpc) is 2.74. The maximum absolute atomic E-state index is 13.1. The summed E-state index contributed by atoms with van der Waals surface area (Å²) in [6.07, 6.45) is 3.31. The van der Waals surface area contributed by atoms with Crippen molar-refractivity contribution in [1.29, 1.82) is 0 Å². The molecule has 0 bridgehead atoms. The molecule has 0 radical (unpaired) electrons. The number of nitrogens with zero attached hydrogens (tertiary/aromatic N) is 2. The summed E-state index contributed by atoms with van der Waals surface area (Å²) in [6, 6.07) is 21.0. The molecular weight excluding hydrogens is 374 g/mol. The number of pyridine rings is 1. The number of carbonyl (C=O) groups excluding carboxylic acids is 1. The minimum Gasteiger partial charge on any atom is -0.351 e. The van der Waals surface area contributed by atoms with Crippen molar-refractivity contribution in [2.45, 2.75) is 18.0 Å². The molecule has 3 aromatic rings. The van der Waals surface area contributed by atoms with E-state index in [9.17, 15) is 13.2 Å². The molecule has 1 amide bonds. The van der Waals surface area contributed by atoms with E-state index in [1.54, 1.807) is 36.7 Å².